The molecule has 1 saturated carbocycles. The van der Waals surface area contributed by atoms with Crippen molar-refractivity contribution in [1.29, 1.82) is 5.26 Å². The third kappa shape index (κ3) is 2.41. The molecule has 1 aliphatic carbocycles. The predicted molar refractivity (Wildman–Crippen MR) is 79.5 cm³/mol. The van der Waals surface area contributed by atoms with Gasteiger partial charge in [0.15, 0.2) is 5.15 Å². The highest BCUT2D eigenvalue weighted by Gasteiger charge is 2.28. The summed E-state index contributed by atoms with van der Waals surface area (Å²) in [5.41, 5.74) is 1.06. The van der Waals surface area contributed by atoms with Gasteiger partial charge in [0.1, 0.15) is 23.1 Å². The minimum Gasteiger partial charge on any atom is -0.216 e. The molecule has 3 nitrogen and oxygen atoms in total. The van der Waals surface area contributed by atoms with Gasteiger partial charge in [0.25, 0.3) is 0 Å². The number of rotatable bonds is 2. The van der Waals surface area contributed by atoms with Gasteiger partial charge in [0, 0.05) is 5.92 Å². The number of halogens is 3. The molecular formula is C15H12Cl2FN3. The van der Waals surface area contributed by atoms with E-state index in [9.17, 15) is 9.65 Å². The third-order valence-electron chi connectivity index (χ3n) is 3.86. The molecule has 1 aliphatic rings. The van der Waals surface area contributed by atoms with E-state index in [0.29, 0.717) is 11.3 Å². The molecule has 0 bridgehead atoms. The van der Waals surface area contributed by atoms with Gasteiger partial charge >= 0.3 is 0 Å². The molecule has 6 heteroatoms. The van der Waals surface area contributed by atoms with E-state index in [2.05, 4.69) is 11.2 Å². The largest absolute Gasteiger partial charge is 0.216 e. The minimum atomic E-state index is -0.519. The molecule has 1 aromatic heterocycles. The van der Waals surface area contributed by atoms with Crippen LogP contribution >= 0.6 is 23.2 Å². The number of hydrogen-bond donors (Lipinski definition) is 0. The molecule has 108 valence electrons. The maximum Gasteiger partial charge on any atom is 0.151 e. The van der Waals surface area contributed by atoms with Gasteiger partial charge in [-0.05, 0) is 25.0 Å². The van der Waals surface area contributed by atoms with E-state index < -0.39 is 5.82 Å². The summed E-state index contributed by atoms with van der Waals surface area (Å²) in [5.74, 6) is -0.307. The van der Waals surface area contributed by atoms with Crippen LogP contribution in [0.3, 0.4) is 0 Å². The van der Waals surface area contributed by atoms with Crippen LogP contribution in [0, 0.1) is 17.1 Å². The lowest BCUT2D eigenvalue weighted by Gasteiger charge is -2.07. The molecule has 0 N–H and O–H groups in total. The summed E-state index contributed by atoms with van der Waals surface area (Å²) in [5, 5.41) is 14.1. The Morgan fingerprint density at radius 3 is 2.62 bits per heavy atom. The van der Waals surface area contributed by atoms with Gasteiger partial charge in [-0.1, -0.05) is 42.1 Å². The van der Waals surface area contributed by atoms with E-state index in [4.69, 9.17) is 23.2 Å². The van der Waals surface area contributed by atoms with E-state index in [0.717, 1.165) is 25.7 Å². The molecule has 1 heterocycles. The van der Waals surface area contributed by atoms with Crippen molar-refractivity contribution in [2.75, 3.05) is 0 Å². The number of para-hydroxylation sites is 1. The van der Waals surface area contributed by atoms with Crippen LogP contribution in [0.5, 0.6) is 0 Å². The van der Waals surface area contributed by atoms with Crippen molar-refractivity contribution in [3.63, 3.8) is 0 Å². The van der Waals surface area contributed by atoms with E-state index in [1.807, 2.05) is 0 Å². The molecule has 0 spiro atoms. The average molecular weight is 324 g/mol. The normalized spacial score (nSPS) is 15.3. The number of hydrogen-bond acceptors (Lipinski definition) is 2. The summed E-state index contributed by atoms with van der Waals surface area (Å²) >= 11 is 12.3. The standard InChI is InChI=1S/C15H12Cl2FN3/c16-11-6-3-7-12(18)14(11)21-15(17)10(8-19)13(20-21)9-4-1-2-5-9/h3,6-7,9H,1-2,4-5H2. The van der Waals surface area contributed by atoms with Crippen molar-refractivity contribution in [3.8, 4) is 11.8 Å². The van der Waals surface area contributed by atoms with E-state index in [1.54, 1.807) is 6.07 Å². The molecule has 1 aromatic carbocycles. The van der Waals surface area contributed by atoms with Crippen molar-refractivity contribution in [3.05, 3.63) is 45.4 Å². The van der Waals surface area contributed by atoms with Crippen LogP contribution in [0.2, 0.25) is 10.2 Å². The van der Waals surface area contributed by atoms with Crippen LogP contribution in [0.4, 0.5) is 4.39 Å². The van der Waals surface area contributed by atoms with Crippen LogP contribution < -0.4 is 0 Å². The molecule has 0 radical (unpaired) electrons. The molecule has 3 rings (SSSR count). The zero-order chi connectivity index (χ0) is 15.0. The van der Waals surface area contributed by atoms with Gasteiger partial charge in [-0.2, -0.15) is 10.4 Å². The van der Waals surface area contributed by atoms with Gasteiger partial charge in [0.05, 0.1) is 10.7 Å². The van der Waals surface area contributed by atoms with Gasteiger partial charge in [-0.15, -0.1) is 0 Å². The fraction of sp³-hybridized carbons (Fsp3) is 0.333. The first-order valence-corrected chi connectivity index (χ1v) is 7.52. The average Bonchev–Trinajstić information content (AvgIpc) is 3.07. The molecule has 0 aliphatic heterocycles. The van der Waals surface area contributed by atoms with Crippen molar-refractivity contribution >= 4 is 23.2 Å². The maximum atomic E-state index is 14.1. The Bertz CT molecular complexity index is 707. The number of nitriles is 1. The first-order chi connectivity index (χ1) is 10.1. The predicted octanol–water partition coefficient (Wildman–Crippen LogP) is 4.85. The zero-order valence-electron chi connectivity index (χ0n) is 11.1. The summed E-state index contributed by atoms with van der Waals surface area (Å²) < 4.78 is 15.3. The van der Waals surface area contributed by atoms with Crippen LogP contribution in [-0.4, -0.2) is 9.78 Å². The van der Waals surface area contributed by atoms with Crippen LogP contribution in [0.25, 0.3) is 5.69 Å². The SMILES string of the molecule is N#Cc1c(C2CCCC2)nn(-c2c(F)cccc2Cl)c1Cl. The Morgan fingerprint density at radius 2 is 2.00 bits per heavy atom. The Hall–Kier alpha value is -1.57. The highest BCUT2D eigenvalue weighted by Crippen LogP contribution is 2.38. The van der Waals surface area contributed by atoms with Crippen molar-refractivity contribution in [1.82, 2.24) is 9.78 Å². The summed E-state index contributed by atoms with van der Waals surface area (Å²) in [7, 11) is 0. The van der Waals surface area contributed by atoms with Crippen molar-refractivity contribution < 1.29 is 4.39 Å². The third-order valence-corrected chi connectivity index (χ3v) is 4.51. The topological polar surface area (TPSA) is 41.6 Å². The van der Waals surface area contributed by atoms with E-state index in [1.165, 1.54) is 16.8 Å². The number of nitrogens with zero attached hydrogens (tertiary/aromatic N) is 3. The van der Waals surface area contributed by atoms with Gasteiger partial charge in [-0.3, -0.25) is 0 Å². The fourth-order valence-electron chi connectivity index (χ4n) is 2.84. The molecule has 0 saturated heterocycles. The quantitative estimate of drug-likeness (QED) is 0.792. The van der Waals surface area contributed by atoms with E-state index in [-0.39, 0.29) is 21.8 Å². The van der Waals surface area contributed by atoms with Crippen LogP contribution in [0.1, 0.15) is 42.9 Å². The first kappa shape index (κ1) is 14.4. The Morgan fingerprint density at radius 1 is 1.29 bits per heavy atom. The maximum absolute atomic E-state index is 14.1. The smallest absolute Gasteiger partial charge is 0.151 e. The van der Waals surface area contributed by atoms with Gasteiger partial charge in [0.2, 0.25) is 0 Å². The lowest BCUT2D eigenvalue weighted by atomic mass is 10.0. The minimum absolute atomic E-state index is 0.0879. The van der Waals surface area contributed by atoms with Crippen LogP contribution in [0.15, 0.2) is 18.2 Å². The zero-order valence-corrected chi connectivity index (χ0v) is 12.6. The second kappa shape index (κ2) is 5.67. The lowest BCUT2D eigenvalue weighted by Crippen LogP contribution is -2.03. The molecular weight excluding hydrogens is 312 g/mol. The highest BCUT2D eigenvalue weighted by molar-refractivity contribution is 6.33. The molecule has 0 atom stereocenters. The van der Waals surface area contributed by atoms with Crippen molar-refractivity contribution in [2.24, 2.45) is 0 Å². The molecule has 0 unspecified atom stereocenters. The van der Waals surface area contributed by atoms with Gasteiger partial charge < -0.3 is 0 Å². The monoisotopic (exact) mass is 323 g/mol. The second-order valence-electron chi connectivity index (χ2n) is 5.13. The second-order valence-corrected chi connectivity index (χ2v) is 5.89. The van der Waals surface area contributed by atoms with E-state index >= 15 is 0 Å². The summed E-state index contributed by atoms with van der Waals surface area (Å²) in [6.45, 7) is 0. The number of benzene rings is 1. The van der Waals surface area contributed by atoms with Crippen LogP contribution in [-0.2, 0) is 0 Å². The first-order valence-electron chi connectivity index (χ1n) is 6.76. The molecule has 0 amide bonds. The fourth-order valence-corrected chi connectivity index (χ4v) is 3.35. The summed E-state index contributed by atoms with van der Waals surface area (Å²) in [6.07, 6.45) is 4.18. The Labute approximate surface area is 131 Å². The molecule has 2 aromatic rings. The molecule has 1 fully saturated rings. The Kier molecular flexibility index (Phi) is 3.88. The number of aromatic nitrogens is 2. The van der Waals surface area contributed by atoms with Crippen molar-refractivity contribution in [2.45, 2.75) is 31.6 Å². The summed E-state index contributed by atoms with van der Waals surface area (Å²) in [4.78, 5) is 0. The molecule has 21 heavy (non-hydrogen) atoms. The highest BCUT2D eigenvalue weighted by atomic mass is 35.5. The Balaban J connectivity index is 2.18. The lowest BCUT2D eigenvalue weighted by molar-refractivity contribution is 0.606. The summed E-state index contributed by atoms with van der Waals surface area (Å²) in [6, 6.07) is 6.47. The van der Waals surface area contributed by atoms with Gasteiger partial charge in [-0.25, -0.2) is 9.07 Å².